The first-order chi connectivity index (χ1) is 7.85. The Kier molecular flexibility index (Phi) is 3.08. The quantitative estimate of drug-likeness (QED) is 0.713. The van der Waals surface area contributed by atoms with Gasteiger partial charge in [-0.25, -0.2) is 4.98 Å². The zero-order valence-electron chi connectivity index (χ0n) is 9.06. The highest BCUT2D eigenvalue weighted by atomic mass is 15.2. The van der Waals surface area contributed by atoms with Gasteiger partial charge in [-0.3, -0.25) is 0 Å². The first-order valence-corrected chi connectivity index (χ1v) is 5.38. The van der Waals surface area contributed by atoms with Crippen LogP contribution in [0.2, 0.25) is 0 Å². The van der Waals surface area contributed by atoms with Crippen molar-refractivity contribution in [3.8, 4) is 18.4 Å². The number of aromatic nitrogens is 1. The van der Waals surface area contributed by atoms with E-state index in [1.165, 1.54) is 12.8 Å². The highest BCUT2D eigenvalue weighted by molar-refractivity contribution is 5.54. The van der Waals surface area contributed by atoms with Crippen LogP contribution in [0.5, 0.6) is 0 Å². The van der Waals surface area contributed by atoms with Gasteiger partial charge in [0.25, 0.3) is 0 Å². The van der Waals surface area contributed by atoms with Gasteiger partial charge in [-0.2, -0.15) is 5.26 Å². The van der Waals surface area contributed by atoms with Gasteiger partial charge in [-0.05, 0) is 30.9 Å². The number of hydrogen-bond acceptors (Lipinski definition) is 3. The molecule has 0 bridgehead atoms. The van der Waals surface area contributed by atoms with Crippen LogP contribution < -0.4 is 4.90 Å². The molecular formula is C13H13N3. The lowest BCUT2D eigenvalue weighted by molar-refractivity contribution is 0.754. The second kappa shape index (κ2) is 4.68. The van der Waals surface area contributed by atoms with Crippen LogP contribution in [-0.4, -0.2) is 18.1 Å². The van der Waals surface area contributed by atoms with Gasteiger partial charge in [-0.15, -0.1) is 6.42 Å². The smallest absolute Gasteiger partial charge is 0.147 e. The van der Waals surface area contributed by atoms with Crippen molar-refractivity contribution < 1.29 is 0 Å². The third-order valence-corrected chi connectivity index (χ3v) is 2.66. The normalized spacial score (nSPS) is 13.9. The molecule has 0 spiro atoms. The minimum absolute atomic E-state index is 0.516. The highest BCUT2D eigenvalue weighted by Crippen LogP contribution is 2.31. The molecule has 3 nitrogen and oxygen atoms in total. The van der Waals surface area contributed by atoms with E-state index in [1.807, 2.05) is 4.90 Å². The standard InChI is InChI=1S/C13H13N3/c1-2-8-16(10-11-5-6-11)13-12(9-14)4-3-7-15-13/h1,3-4,7,11H,5-6,8,10H2. The Bertz CT molecular complexity index is 449. The fourth-order valence-corrected chi connectivity index (χ4v) is 1.68. The van der Waals surface area contributed by atoms with Crippen molar-refractivity contribution >= 4 is 5.82 Å². The van der Waals surface area contributed by atoms with Crippen molar-refractivity contribution in [3.63, 3.8) is 0 Å². The molecule has 1 fully saturated rings. The number of nitriles is 1. The minimum atomic E-state index is 0.516. The van der Waals surface area contributed by atoms with Crippen LogP contribution in [0.1, 0.15) is 18.4 Å². The summed E-state index contributed by atoms with van der Waals surface area (Å²) in [7, 11) is 0. The van der Waals surface area contributed by atoms with Crippen molar-refractivity contribution in [3.05, 3.63) is 23.9 Å². The lowest BCUT2D eigenvalue weighted by Crippen LogP contribution is -2.27. The van der Waals surface area contributed by atoms with Crippen LogP contribution in [-0.2, 0) is 0 Å². The van der Waals surface area contributed by atoms with Crippen LogP contribution >= 0.6 is 0 Å². The number of terminal acetylenes is 1. The van der Waals surface area contributed by atoms with Crippen LogP contribution in [0.4, 0.5) is 5.82 Å². The van der Waals surface area contributed by atoms with E-state index in [4.69, 9.17) is 11.7 Å². The molecule has 0 N–H and O–H groups in total. The molecule has 3 heteroatoms. The molecule has 16 heavy (non-hydrogen) atoms. The maximum Gasteiger partial charge on any atom is 0.147 e. The van der Waals surface area contributed by atoms with Gasteiger partial charge >= 0.3 is 0 Å². The van der Waals surface area contributed by atoms with Gasteiger partial charge in [0.05, 0.1) is 12.1 Å². The molecule has 1 aromatic heterocycles. The van der Waals surface area contributed by atoms with E-state index in [2.05, 4.69) is 17.0 Å². The molecule has 1 heterocycles. The van der Waals surface area contributed by atoms with E-state index < -0.39 is 0 Å². The number of pyridine rings is 1. The summed E-state index contributed by atoms with van der Waals surface area (Å²) in [5, 5.41) is 9.02. The topological polar surface area (TPSA) is 39.9 Å². The summed E-state index contributed by atoms with van der Waals surface area (Å²) in [6, 6.07) is 5.70. The molecule has 1 aliphatic rings. The minimum Gasteiger partial charge on any atom is -0.344 e. The van der Waals surface area contributed by atoms with Crippen molar-refractivity contribution in [1.29, 1.82) is 5.26 Å². The monoisotopic (exact) mass is 211 g/mol. The van der Waals surface area contributed by atoms with E-state index in [-0.39, 0.29) is 0 Å². The number of hydrogen-bond donors (Lipinski definition) is 0. The molecule has 0 unspecified atom stereocenters. The molecule has 0 amide bonds. The van der Waals surface area contributed by atoms with Gasteiger partial charge in [0, 0.05) is 12.7 Å². The van der Waals surface area contributed by atoms with Crippen molar-refractivity contribution in [1.82, 2.24) is 4.98 Å². The van der Waals surface area contributed by atoms with E-state index in [0.717, 1.165) is 18.3 Å². The average molecular weight is 211 g/mol. The fourth-order valence-electron chi connectivity index (χ4n) is 1.68. The average Bonchev–Trinajstić information content (AvgIpc) is 3.12. The van der Waals surface area contributed by atoms with Crippen LogP contribution in [0.15, 0.2) is 18.3 Å². The molecular weight excluding hydrogens is 198 g/mol. The number of nitrogens with zero attached hydrogens (tertiary/aromatic N) is 3. The largest absolute Gasteiger partial charge is 0.344 e. The molecule has 0 aromatic carbocycles. The molecule has 0 saturated heterocycles. The molecule has 0 atom stereocenters. The fraction of sp³-hybridized carbons (Fsp3) is 0.385. The van der Waals surface area contributed by atoms with E-state index in [0.29, 0.717) is 12.1 Å². The Labute approximate surface area is 95.7 Å². The van der Waals surface area contributed by atoms with Crippen molar-refractivity contribution in [2.24, 2.45) is 5.92 Å². The molecule has 80 valence electrons. The van der Waals surface area contributed by atoms with Crippen molar-refractivity contribution in [2.45, 2.75) is 12.8 Å². The van der Waals surface area contributed by atoms with Crippen LogP contribution in [0, 0.1) is 29.6 Å². The number of anilines is 1. The highest BCUT2D eigenvalue weighted by Gasteiger charge is 2.25. The Morgan fingerprint density at radius 1 is 1.56 bits per heavy atom. The molecule has 2 rings (SSSR count). The second-order valence-corrected chi connectivity index (χ2v) is 4.01. The van der Waals surface area contributed by atoms with Crippen molar-refractivity contribution in [2.75, 3.05) is 18.0 Å². The predicted molar refractivity (Wildman–Crippen MR) is 62.7 cm³/mol. The molecule has 0 aliphatic heterocycles. The Morgan fingerprint density at radius 2 is 2.38 bits per heavy atom. The maximum atomic E-state index is 9.02. The van der Waals surface area contributed by atoms with Crippen LogP contribution in [0.25, 0.3) is 0 Å². The lowest BCUT2D eigenvalue weighted by atomic mass is 10.2. The summed E-state index contributed by atoms with van der Waals surface area (Å²) >= 11 is 0. The van der Waals surface area contributed by atoms with E-state index >= 15 is 0 Å². The number of rotatable bonds is 4. The zero-order valence-corrected chi connectivity index (χ0v) is 9.06. The molecule has 1 saturated carbocycles. The summed E-state index contributed by atoms with van der Waals surface area (Å²) in [6.45, 7) is 1.43. The third-order valence-electron chi connectivity index (χ3n) is 2.66. The molecule has 1 aliphatic carbocycles. The SMILES string of the molecule is C#CCN(CC1CC1)c1ncccc1C#N. The van der Waals surface area contributed by atoms with Gasteiger partial charge in [0.1, 0.15) is 11.9 Å². The second-order valence-electron chi connectivity index (χ2n) is 4.01. The summed E-state index contributed by atoms with van der Waals surface area (Å²) < 4.78 is 0. The molecule has 0 radical (unpaired) electrons. The van der Waals surface area contributed by atoms with E-state index in [1.54, 1.807) is 18.3 Å². The van der Waals surface area contributed by atoms with Gasteiger partial charge in [-0.1, -0.05) is 5.92 Å². The molecule has 1 aromatic rings. The third kappa shape index (κ3) is 2.32. The Hall–Kier alpha value is -2.00. The van der Waals surface area contributed by atoms with Gasteiger partial charge in [0.2, 0.25) is 0 Å². The van der Waals surface area contributed by atoms with E-state index in [9.17, 15) is 0 Å². The Balaban J connectivity index is 2.23. The van der Waals surface area contributed by atoms with Gasteiger partial charge < -0.3 is 4.90 Å². The maximum absolute atomic E-state index is 9.02. The predicted octanol–water partition coefficient (Wildman–Crippen LogP) is 1.80. The summed E-state index contributed by atoms with van der Waals surface area (Å²) in [5.41, 5.74) is 0.596. The first kappa shape index (κ1) is 10.5. The van der Waals surface area contributed by atoms with Gasteiger partial charge in [0.15, 0.2) is 0 Å². The zero-order chi connectivity index (χ0) is 11.4. The lowest BCUT2D eigenvalue weighted by Gasteiger charge is -2.21. The first-order valence-electron chi connectivity index (χ1n) is 5.38. The summed E-state index contributed by atoms with van der Waals surface area (Å²) in [5.74, 6) is 4.07. The Morgan fingerprint density at radius 3 is 3.00 bits per heavy atom. The summed E-state index contributed by atoms with van der Waals surface area (Å²) in [4.78, 5) is 6.28. The van der Waals surface area contributed by atoms with Crippen LogP contribution in [0.3, 0.4) is 0 Å². The summed E-state index contributed by atoms with van der Waals surface area (Å²) in [6.07, 6.45) is 9.57.